The largest absolute Gasteiger partial charge is 0.481 e. The van der Waals surface area contributed by atoms with Crippen LogP contribution in [-0.2, 0) is 4.79 Å². The van der Waals surface area contributed by atoms with Crippen molar-refractivity contribution < 1.29 is 14.7 Å². The molecule has 0 unspecified atom stereocenters. The molecule has 0 aromatic heterocycles. The molecular weight excluding hydrogens is 232 g/mol. The molecule has 0 aliphatic heterocycles. The maximum Gasteiger partial charge on any atom is 0.315 e. The summed E-state index contributed by atoms with van der Waals surface area (Å²) in [4.78, 5) is 22.6. The molecule has 18 heavy (non-hydrogen) atoms. The van der Waals surface area contributed by atoms with E-state index in [1.165, 1.54) is 0 Å². The second-order valence-electron chi connectivity index (χ2n) is 5.87. The van der Waals surface area contributed by atoms with Crippen molar-refractivity contribution in [2.45, 2.75) is 51.5 Å². The third-order valence-corrected chi connectivity index (χ3v) is 4.25. The second kappa shape index (κ2) is 5.16. The van der Waals surface area contributed by atoms with Gasteiger partial charge in [-0.1, -0.05) is 6.92 Å². The Labute approximate surface area is 107 Å². The van der Waals surface area contributed by atoms with Crippen LogP contribution in [0.3, 0.4) is 0 Å². The predicted molar refractivity (Wildman–Crippen MR) is 67.3 cm³/mol. The van der Waals surface area contributed by atoms with Gasteiger partial charge < -0.3 is 15.7 Å². The summed E-state index contributed by atoms with van der Waals surface area (Å²) in [6.45, 7) is 2.48. The first-order chi connectivity index (χ1) is 8.52. The van der Waals surface area contributed by atoms with Gasteiger partial charge in [0.15, 0.2) is 0 Å². The first-order valence-electron chi connectivity index (χ1n) is 6.80. The van der Waals surface area contributed by atoms with E-state index in [1.54, 1.807) is 0 Å². The molecule has 5 heteroatoms. The number of carboxylic acid groups (broad SMARTS) is 1. The minimum absolute atomic E-state index is 0.220. The molecule has 0 heterocycles. The summed E-state index contributed by atoms with van der Waals surface area (Å²) in [7, 11) is 0. The lowest BCUT2D eigenvalue weighted by Crippen LogP contribution is -2.46. The highest BCUT2D eigenvalue weighted by Gasteiger charge is 2.50. The number of aliphatic carboxylic acids is 1. The van der Waals surface area contributed by atoms with Crippen molar-refractivity contribution in [3.05, 3.63) is 0 Å². The summed E-state index contributed by atoms with van der Waals surface area (Å²) >= 11 is 0. The number of rotatable bonds is 4. The molecule has 0 saturated heterocycles. The van der Waals surface area contributed by atoms with Crippen LogP contribution in [0.1, 0.15) is 45.4 Å². The molecule has 102 valence electrons. The zero-order chi connectivity index (χ0) is 13.2. The quantitative estimate of drug-likeness (QED) is 0.715. The van der Waals surface area contributed by atoms with Gasteiger partial charge >= 0.3 is 12.0 Å². The number of urea groups is 1. The number of amides is 2. The van der Waals surface area contributed by atoms with E-state index in [0.29, 0.717) is 12.8 Å². The Kier molecular flexibility index (Phi) is 3.78. The SMILES string of the molecule is CC1CCC(NC(=O)NCC2(C(=O)O)CC2)CC1. The Bertz CT molecular complexity index is 331. The lowest BCUT2D eigenvalue weighted by molar-refractivity contribution is -0.143. The predicted octanol–water partition coefficient (Wildman–Crippen LogP) is 1.73. The number of hydrogen-bond acceptors (Lipinski definition) is 2. The highest BCUT2D eigenvalue weighted by molar-refractivity contribution is 5.80. The van der Waals surface area contributed by atoms with E-state index in [9.17, 15) is 9.59 Å². The van der Waals surface area contributed by atoms with Crippen LogP contribution in [0.25, 0.3) is 0 Å². The molecular formula is C13H22N2O3. The summed E-state index contributed by atoms with van der Waals surface area (Å²) in [6, 6.07) is 0.0308. The first kappa shape index (κ1) is 13.2. The number of nitrogens with one attached hydrogen (secondary N) is 2. The molecule has 2 fully saturated rings. The van der Waals surface area contributed by atoms with Crippen LogP contribution in [0.4, 0.5) is 4.79 Å². The van der Waals surface area contributed by atoms with Gasteiger partial charge in [0.25, 0.3) is 0 Å². The maximum absolute atomic E-state index is 11.7. The molecule has 3 N–H and O–H groups in total. The fourth-order valence-electron chi connectivity index (χ4n) is 2.51. The van der Waals surface area contributed by atoms with Crippen LogP contribution in [0.5, 0.6) is 0 Å². The van der Waals surface area contributed by atoms with E-state index in [-0.39, 0.29) is 18.6 Å². The summed E-state index contributed by atoms with van der Waals surface area (Å²) in [5.41, 5.74) is -0.682. The van der Waals surface area contributed by atoms with Crippen molar-refractivity contribution >= 4 is 12.0 Å². The molecule has 2 amide bonds. The van der Waals surface area contributed by atoms with Gasteiger partial charge in [-0.2, -0.15) is 0 Å². The van der Waals surface area contributed by atoms with Gasteiger partial charge in [0.2, 0.25) is 0 Å². The zero-order valence-electron chi connectivity index (χ0n) is 10.9. The van der Waals surface area contributed by atoms with Gasteiger partial charge in [-0.25, -0.2) is 4.79 Å². The van der Waals surface area contributed by atoms with Crippen LogP contribution in [0.15, 0.2) is 0 Å². The molecule has 2 aliphatic rings. The van der Waals surface area contributed by atoms with Crippen molar-refractivity contribution in [3.8, 4) is 0 Å². The van der Waals surface area contributed by atoms with E-state index < -0.39 is 11.4 Å². The van der Waals surface area contributed by atoms with Crippen LogP contribution >= 0.6 is 0 Å². The fourth-order valence-corrected chi connectivity index (χ4v) is 2.51. The van der Waals surface area contributed by atoms with E-state index in [0.717, 1.165) is 31.6 Å². The topological polar surface area (TPSA) is 78.4 Å². The normalized spacial score (nSPS) is 29.4. The van der Waals surface area contributed by atoms with Crippen LogP contribution in [0, 0.1) is 11.3 Å². The Morgan fingerprint density at radius 2 is 1.83 bits per heavy atom. The molecule has 0 aromatic rings. The van der Waals surface area contributed by atoms with Crippen molar-refractivity contribution in [3.63, 3.8) is 0 Å². The van der Waals surface area contributed by atoms with Crippen molar-refractivity contribution in [2.24, 2.45) is 11.3 Å². The van der Waals surface area contributed by atoms with Crippen LogP contribution in [-0.4, -0.2) is 29.7 Å². The van der Waals surface area contributed by atoms with Gasteiger partial charge in [0, 0.05) is 12.6 Å². The molecule has 5 nitrogen and oxygen atoms in total. The average molecular weight is 254 g/mol. The van der Waals surface area contributed by atoms with Gasteiger partial charge in [0.1, 0.15) is 0 Å². The van der Waals surface area contributed by atoms with Gasteiger partial charge in [-0.05, 0) is 44.4 Å². The van der Waals surface area contributed by atoms with Crippen molar-refractivity contribution in [1.29, 1.82) is 0 Å². The summed E-state index contributed by atoms with van der Waals surface area (Å²) in [5, 5.41) is 14.6. The molecule has 2 rings (SSSR count). The van der Waals surface area contributed by atoms with Crippen molar-refractivity contribution in [1.82, 2.24) is 10.6 Å². The Morgan fingerprint density at radius 3 is 2.33 bits per heavy atom. The second-order valence-corrected chi connectivity index (χ2v) is 5.87. The van der Waals surface area contributed by atoms with E-state index >= 15 is 0 Å². The fraction of sp³-hybridized carbons (Fsp3) is 0.846. The number of hydrogen-bond donors (Lipinski definition) is 3. The van der Waals surface area contributed by atoms with Crippen LogP contribution in [0.2, 0.25) is 0 Å². The maximum atomic E-state index is 11.7. The van der Waals surface area contributed by atoms with Crippen molar-refractivity contribution in [2.75, 3.05) is 6.54 Å². The van der Waals surface area contributed by atoms with Gasteiger partial charge in [-0.3, -0.25) is 4.79 Å². The molecule has 0 aromatic carbocycles. The Morgan fingerprint density at radius 1 is 1.22 bits per heavy atom. The third-order valence-electron chi connectivity index (χ3n) is 4.25. The van der Waals surface area contributed by atoms with Gasteiger partial charge in [-0.15, -0.1) is 0 Å². The monoisotopic (exact) mass is 254 g/mol. The summed E-state index contributed by atoms with van der Waals surface area (Å²) in [6.07, 6.45) is 5.71. The molecule has 0 spiro atoms. The number of carbonyl (C=O) groups is 2. The van der Waals surface area contributed by atoms with Gasteiger partial charge in [0.05, 0.1) is 5.41 Å². The standard InChI is InChI=1S/C13H22N2O3/c1-9-2-4-10(5-3-9)15-12(18)14-8-13(6-7-13)11(16)17/h9-10H,2-8H2,1H3,(H,16,17)(H2,14,15,18). The molecule has 2 saturated carbocycles. The lowest BCUT2D eigenvalue weighted by Gasteiger charge is -2.27. The summed E-state index contributed by atoms with van der Waals surface area (Å²) in [5.74, 6) is -0.0397. The average Bonchev–Trinajstić information content (AvgIpc) is 3.11. The van der Waals surface area contributed by atoms with E-state index in [4.69, 9.17) is 5.11 Å². The first-order valence-corrected chi connectivity index (χ1v) is 6.80. The molecule has 0 radical (unpaired) electrons. The molecule has 2 aliphatic carbocycles. The zero-order valence-corrected chi connectivity index (χ0v) is 10.9. The Hall–Kier alpha value is -1.26. The lowest BCUT2D eigenvalue weighted by atomic mass is 9.87. The highest BCUT2D eigenvalue weighted by Crippen LogP contribution is 2.45. The smallest absolute Gasteiger partial charge is 0.315 e. The molecule has 0 bridgehead atoms. The highest BCUT2D eigenvalue weighted by atomic mass is 16.4. The van der Waals surface area contributed by atoms with E-state index in [1.807, 2.05) is 0 Å². The van der Waals surface area contributed by atoms with E-state index in [2.05, 4.69) is 17.6 Å². The summed E-state index contributed by atoms with van der Waals surface area (Å²) < 4.78 is 0. The number of carbonyl (C=O) groups excluding carboxylic acids is 1. The minimum atomic E-state index is -0.797. The number of carboxylic acids is 1. The molecule has 0 atom stereocenters. The minimum Gasteiger partial charge on any atom is -0.481 e. The van der Waals surface area contributed by atoms with Crippen LogP contribution < -0.4 is 10.6 Å². The third kappa shape index (κ3) is 3.15. The Balaban J connectivity index is 1.68.